The summed E-state index contributed by atoms with van der Waals surface area (Å²) in [6, 6.07) is 19.7. The summed E-state index contributed by atoms with van der Waals surface area (Å²) in [4.78, 5) is 0. The molecule has 0 amide bonds. The van der Waals surface area contributed by atoms with E-state index in [1.54, 1.807) is 0 Å². The number of aliphatic hydroxyl groups excluding tert-OH is 1. The van der Waals surface area contributed by atoms with Crippen LogP contribution in [0.15, 0.2) is 60.7 Å². The van der Waals surface area contributed by atoms with Crippen molar-refractivity contribution in [2.45, 2.75) is 12.6 Å². The molecule has 2 rings (SSSR count). The van der Waals surface area contributed by atoms with Crippen LogP contribution in [0.5, 0.6) is 5.75 Å². The van der Waals surface area contributed by atoms with Crippen LogP contribution in [0.1, 0.15) is 5.56 Å². The average Bonchev–Trinajstić information content (AvgIpc) is 2.48. The smallest absolute Gasteiger partial charge is 0.134 e. The second-order valence-corrected chi connectivity index (χ2v) is 4.35. The highest BCUT2D eigenvalue weighted by Crippen LogP contribution is 2.10. The van der Waals surface area contributed by atoms with Crippen molar-refractivity contribution in [3.05, 3.63) is 66.2 Å². The van der Waals surface area contributed by atoms with Crippen molar-refractivity contribution in [2.24, 2.45) is 0 Å². The number of rotatable bonds is 7. The first-order valence-corrected chi connectivity index (χ1v) is 6.45. The molecule has 1 unspecified atom stereocenters. The topological polar surface area (TPSA) is 41.5 Å². The minimum absolute atomic E-state index is 0.00329. The first kappa shape index (κ1) is 13.6. The van der Waals surface area contributed by atoms with Crippen LogP contribution < -0.4 is 10.1 Å². The van der Waals surface area contributed by atoms with Gasteiger partial charge in [0.25, 0.3) is 0 Å². The van der Waals surface area contributed by atoms with Gasteiger partial charge in [0.2, 0.25) is 0 Å². The van der Waals surface area contributed by atoms with E-state index in [1.807, 2.05) is 48.5 Å². The fraction of sp³-hybridized carbons (Fsp3) is 0.250. The SMILES string of the molecule is OCC(CNCc1ccccc1)Oc1ccccc1. The summed E-state index contributed by atoms with van der Waals surface area (Å²) in [5.74, 6) is 0.781. The zero-order valence-corrected chi connectivity index (χ0v) is 10.8. The van der Waals surface area contributed by atoms with Crippen LogP contribution in [0.3, 0.4) is 0 Å². The van der Waals surface area contributed by atoms with Crippen LogP contribution in [0.4, 0.5) is 0 Å². The van der Waals surface area contributed by atoms with E-state index in [4.69, 9.17) is 4.74 Å². The maximum Gasteiger partial charge on any atom is 0.134 e. The summed E-state index contributed by atoms with van der Waals surface area (Å²) < 4.78 is 5.69. The highest BCUT2D eigenvalue weighted by molar-refractivity contribution is 5.21. The molecular formula is C16H19NO2. The Kier molecular flexibility index (Phi) is 5.41. The molecule has 0 saturated carbocycles. The second kappa shape index (κ2) is 7.56. The predicted octanol–water partition coefficient (Wildman–Crippen LogP) is 2.22. The molecular weight excluding hydrogens is 238 g/mol. The number of aliphatic hydroxyl groups is 1. The average molecular weight is 257 g/mol. The number of nitrogens with one attached hydrogen (secondary N) is 1. The fourth-order valence-corrected chi connectivity index (χ4v) is 1.81. The maximum atomic E-state index is 9.32. The van der Waals surface area contributed by atoms with Gasteiger partial charge in [-0.15, -0.1) is 0 Å². The first-order valence-electron chi connectivity index (χ1n) is 6.45. The lowest BCUT2D eigenvalue weighted by molar-refractivity contribution is 0.114. The number of para-hydroxylation sites is 1. The molecule has 0 aromatic heterocycles. The van der Waals surface area contributed by atoms with Crippen LogP contribution in [0.25, 0.3) is 0 Å². The lowest BCUT2D eigenvalue weighted by Crippen LogP contribution is -2.34. The Morgan fingerprint density at radius 1 is 0.947 bits per heavy atom. The molecule has 0 aliphatic heterocycles. The first-order chi connectivity index (χ1) is 9.38. The van der Waals surface area contributed by atoms with E-state index in [0.29, 0.717) is 6.54 Å². The minimum Gasteiger partial charge on any atom is -0.487 e. The lowest BCUT2D eigenvalue weighted by Gasteiger charge is -2.17. The van der Waals surface area contributed by atoms with Gasteiger partial charge in [-0.25, -0.2) is 0 Å². The molecule has 2 aromatic carbocycles. The Hall–Kier alpha value is -1.84. The van der Waals surface area contributed by atoms with Crippen LogP contribution >= 0.6 is 0 Å². The van der Waals surface area contributed by atoms with Gasteiger partial charge < -0.3 is 15.2 Å². The molecule has 0 spiro atoms. The number of hydrogen-bond acceptors (Lipinski definition) is 3. The Morgan fingerprint density at radius 2 is 1.58 bits per heavy atom. The quantitative estimate of drug-likeness (QED) is 0.799. The van der Waals surface area contributed by atoms with Gasteiger partial charge in [0.05, 0.1) is 6.61 Å². The van der Waals surface area contributed by atoms with Crippen molar-refractivity contribution in [3.63, 3.8) is 0 Å². The van der Waals surface area contributed by atoms with Crippen LogP contribution in [0, 0.1) is 0 Å². The number of hydrogen-bond donors (Lipinski definition) is 2. The molecule has 0 fully saturated rings. The molecule has 0 bridgehead atoms. The third kappa shape index (κ3) is 4.73. The van der Waals surface area contributed by atoms with E-state index < -0.39 is 0 Å². The van der Waals surface area contributed by atoms with Gasteiger partial charge in [-0.05, 0) is 17.7 Å². The molecule has 100 valence electrons. The zero-order valence-electron chi connectivity index (χ0n) is 10.8. The summed E-state index contributed by atoms with van der Waals surface area (Å²) in [6.07, 6.45) is -0.230. The van der Waals surface area contributed by atoms with Crippen molar-refractivity contribution >= 4 is 0 Å². The molecule has 3 nitrogen and oxygen atoms in total. The van der Waals surface area contributed by atoms with E-state index in [1.165, 1.54) is 5.56 Å². The molecule has 0 saturated heterocycles. The largest absolute Gasteiger partial charge is 0.487 e. The summed E-state index contributed by atoms with van der Waals surface area (Å²) >= 11 is 0. The second-order valence-electron chi connectivity index (χ2n) is 4.35. The summed E-state index contributed by atoms with van der Waals surface area (Å²) in [5.41, 5.74) is 1.22. The van der Waals surface area contributed by atoms with Gasteiger partial charge in [-0.2, -0.15) is 0 Å². The van der Waals surface area contributed by atoms with Gasteiger partial charge >= 0.3 is 0 Å². The van der Waals surface area contributed by atoms with Gasteiger partial charge in [-0.3, -0.25) is 0 Å². The van der Waals surface area contributed by atoms with Crippen LogP contribution in [0.2, 0.25) is 0 Å². The van der Waals surface area contributed by atoms with Crippen molar-refractivity contribution in [2.75, 3.05) is 13.2 Å². The van der Waals surface area contributed by atoms with Gasteiger partial charge in [-0.1, -0.05) is 48.5 Å². The highest BCUT2D eigenvalue weighted by Gasteiger charge is 2.08. The third-order valence-corrected chi connectivity index (χ3v) is 2.79. The molecule has 2 aromatic rings. The van der Waals surface area contributed by atoms with Crippen molar-refractivity contribution < 1.29 is 9.84 Å². The molecule has 0 radical (unpaired) electrons. The van der Waals surface area contributed by atoms with E-state index in [2.05, 4.69) is 17.4 Å². The van der Waals surface area contributed by atoms with Crippen molar-refractivity contribution in [1.82, 2.24) is 5.32 Å². The minimum atomic E-state index is -0.230. The summed E-state index contributed by atoms with van der Waals surface area (Å²) in [7, 11) is 0. The van der Waals surface area contributed by atoms with E-state index in [0.717, 1.165) is 12.3 Å². The van der Waals surface area contributed by atoms with E-state index in [9.17, 15) is 5.11 Å². The monoisotopic (exact) mass is 257 g/mol. The Bertz CT molecular complexity index is 459. The summed E-state index contributed by atoms with van der Waals surface area (Å²) in [6.45, 7) is 1.38. The Morgan fingerprint density at radius 3 is 2.21 bits per heavy atom. The normalized spacial score (nSPS) is 12.1. The Labute approximate surface area is 113 Å². The fourth-order valence-electron chi connectivity index (χ4n) is 1.81. The zero-order chi connectivity index (χ0) is 13.3. The van der Waals surface area contributed by atoms with Crippen LogP contribution in [-0.2, 0) is 6.54 Å². The van der Waals surface area contributed by atoms with Crippen LogP contribution in [-0.4, -0.2) is 24.4 Å². The van der Waals surface area contributed by atoms with Gasteiger partial charge in [0.15, 0.2) is 0 Å². The van der Waals surface area contributed by atoms with Crippen molar-refractivity contribution in [1.29, 1.82) is 0 Å². The molecule has 2 N–H and O–H groups in total. The number of ether oxygens (including phenoxy) is 1. The number of benzene rings is 2. The highest BCUT2D eigenvalue weighted by atomic mass is 16.5. The lowest BCUT2D eigenvalue weighted by atomic mass is 10.2. The van der Waals surface area contributed by atoms with E-state index in [-0.39, 0.29) is 12.7 Å². The molecule has 3 heteroatoms. The maximum absolute atomic E-state index is 9.32. The standard InChI is InChI=1S/C16H19NO2/c18-13-16(19-15-9-5-2-6-10-15)12-17-11-14-7-3-1-4-8-14/h1-10,16-18H,11-13H2. The molecule has 0 heterocycles. The van der Waals surface area contributed by atoms with Gasteiger partial charge in [0.1, 0.15) is 11.9 Å². The predicted molar refractivity (Wildman–Crippen MR) is 76.1 cm³/mol. The molecule has 1 atom stereocenters. The van der Waals surface area contributed by atoms with Gasteiger partial charge in [0, 0.05) is 13.1 Å². The molecule has 19 heavy (non-hydrogen) atoms. The third-order valence-electron chi connectivity index (χ3n) is 2.79. The van der Waals surface area contributed by atoms with E-state index >= 15 is 0 Å². The molecule has 0 aliphatic carbocycles. The van der Waals surface area contributed by atoms with Crippen molar-refractivity contribution in [3.8, 4) is 5.75 Å². The summed E-state index contributed by atoms with van der Waals surface area (Å²) in [5, 5.41) is 12.6. The molecule has 0 aliphatic rings. The Balaban J connectivity index is 1.77.